The molecular weight excluding hydrogens is 641 g/mol. The minimum absolute atomic E-state index is 0.0646. The molecule has 0 amide bonds. The number of fused-ring (bicyclic) bond motifs is 6. The van der Waals surface area contributed by atoms with Crippen LogP contribution in [0.25, 0.3) is 44.9 Å². The maximum Gasteiger partial charge on any atom is 0.0565 e. The fourth-order valence-corrected chi connectivity index (χ4v) is 9.20. The predicted molar refractivity (Wildman–Crippen MR) is 224 cm³/mol. The van der Waals surface area contributed by atoms with Gasteiger partial charge < -0.3 is 9.47 Å². The van der Waals surface area contributed by atoms with Gasteiger partial charge in [0.15, 0.2) is 0 Å². The summed E-state index contributed by atoms with van der Waals surface area (Å²) in [7, 11) is 0. The minimum Gasteiger partial charge on any atom is -0.334 e. The van der Waals surface area contributed by atoms with Gasteiger partial charge in [-0.3, -0.25) is 0 Å². The van der Waals surface area contributed by atoms with Gasteiger partial charge in [-0.05, 0) is 112 Å². The van der Waals surface area contributed by atoms with Crippen LogP contribution < -0.4 is 4.90 Å². The average Bonchev–Trinajstić information content (AvgIpc) is 3.67. The Morgan fingerprint density at radius 2 is 1.32 bits per heavy atom. The molecule has 0 aliphatic heterocycles. The highest BCUT2D eigenvalue weighted by Gasteiger charge is 2.36. The molecule has 7 aromatic rings. The third-order valence-electron chi connectivity index (χ3n) is 11.8. The Morgan fingerprint density at radius 1 is 0.623 bits per heavy atom. The molecule has 0 radical (unpaired) electrons. The van der Waals surface area contributed by atoms with Gasteiger partial charge in [0.05, 0.1) is 11.6 Å². The first kappa shape index (κ1) is 31.6. The zero-order chi connectivity index (χ0) is 35.5. The van der Waals surface area contributed by atoms with Gasteiger partial charge in [0, 0.05) is 39.1 Å². The van der Waals surface area contributed by atoms with Crippen LogP contribution in [-0.2, 0) is 11.8 Å². The van der Waals surface area contributed by atoms with E-state index in [-0.39, 0.29) is 11.5 Å². The SMILES string of the molecule is CC1(C)c2ccccc2-c2ccc(N(c3ccc(C4=Cc5c(n(-c6ccccc6)c6ccccc56)CC4)cc3)C3C=C(c4ccccc4)C=CC3)cc21. The number of rotatable bonds is 6. The normalized spacial score (nSPS) is 16.8. The lowest BCUT2D eigenvalue weighted by Crippen LogP contribution is -2.30. The zero-order valence-corrected chi connectivity index (χ0v) is 30.3. The Labute approximate surface area is 312 Å². The first-order valence-corrected chi connectivity index (χ1v) is 19.0. The number of benzene rings is 6. The molecule has 10 rings (SSSR count). The van der Waals surface area contributed by atoms with Crippen LogP contribution in [0.2, 0.25) is 0 Å². The summed E-state index contributed by atoms with van der Waals surface area (Å²) in [6.45, 7) is 4.75. The van der Waals surface area contributed by atoms with Gasteiger partial charge in [0.25, 0.3) is 0 Å². The Kier molecular flexibility index (Phi) is 7.47. The smallest absolute Gasteiger partial charge is 0.0565 e. The first-order valence-electron chi connectivity index (χ1n) is 19.0. The number of nitrogens with zero attached hydrogens (tertiary/aromatic N) is 2. The lowest BCUT2D eigenvalue weighted by atomic mass is 9.82. The highest BCUT2D eigenvalue weighted by atomic mass is 15.2. The van der Waals surface area contributed by atoms with Gasteiger partial charge in [0.2, 0.25) is 0 Å². The van der Waals surface area contributed by atoms with Crippen LogP contribution in [0.3, 0.4) is 0 Å². The number of anilines is 2. The second kappa shape index (κ2) is 12.5. The second-order valence-electron chi connectivity index (χ2n) is 15.2. The number of hydrogen-bond acceptors (Lipinski definition) is 1. The molecule has 3 aliphatic rings. The van der Waals surface area contributed by atoms with Gasteiger partial charge >= 0.3 is 0 Å². The van der Waals surface area contributed by atoms with E-state index >= 15 is 0 Å². The molecular formula is C51H42N2. The summed E-state index contributed by atoms with van der Waals surface area (Å²) < 4.78 is 2.46. The molecule has 6 aromatic carbocycles. The van der Waals surface area contributed by atoms with Crippen molar-refractivity contribution in [1.82, 2.24) is 4.57 Å². The third kappa shape index (κ3) is 5.24. The van der Waals surface area contributed by atoms with E-state index in [9.17, 15) is 0 Å². The summed E-state index contributed by atoms with van der Waals surface area (Å²) in [4.78, 5) is 2.57. The monoisotopic (exact) mass is 682 g/mol. The molecule has 53 heavy (non-hydrogen) atoms. The van der Waals surface area contributed by atoms with Crippen molar-refractivity contribution in [3.63, 3.8) is 0 Å². The molecule has 0 spiro atoms. The molecule has 0 saturated heterocycles. The number of hydrogen-bond donors (Lipinski definition) is 0. The molecule has 0 bridgehead atoms. The van der Waals surface area contributed by atoms with E-state index in [2.05, 4.69) is 199 Å². The van der Waals surface area contributed by atoms with E-state index < -0.39 is 0 Å². The van der Waals surface area contributed by atoms with Crippen molar-refractivity contribution in [2.45, 2.75) is 44.6 Å². The maximum absolute atomic E-state index is 2.57. The number of allylic oxidation sites excluding steroid dienone is 3. The summed E-state index contributed by atoms with van der Waals surface area (Å²) >= 11 is 0. The van der Waals surface area contributed by atoms with Crippen molar-refractivity contribution in [1.29, 1.82) is 0 Å². The van der Waals surface area contributed by atoms with Crippen LogP contribution in [0.4, 0.5) is 11.4 Å². The van der Waals surface area contributed by atoms with Crippen molar-refractivity contribution in [3.05, 3.63) is 203 Å². The van der Waals surface area contributed by atoms with Crippen LogP contribution >= 0.6 is 0 Å². The van der Waals surface area contributed by atoms with Crippen molar-refractivity contribution in [2.24, 2.45) is 0 Å². The summed E-state index contributed by atoms with van der Waals surface area (Å²) in [5, 5.41) is 1.32. The first-order chi connectivity index (χ1) is 26.0. The Morgan fingerprint density at radius 3 is 2.15 bits per heavy atom. The van der Waals surface area contributed by atoms with Crippen molar-refractivity contribution < 1.29 is 0 Å². The second-order valence-corrected chi connectivity index (χ2v) is 15.2. The summed E-state index contributed by atoms with van der Waals surface area (Å²) in [5.41, 5.74) is 18.4. The molecule has 1 aromatic heterocycles. The van der Waals surface area contributed by atoms with Gasteiger partial charge in [-0.15, -0.1) is 0 Å². The fraction of sp³-hybridized carbons (Fsp3) is 0.137. The molecule has 256 valence electrons. The van der Waals surface area contributed by atoms with Crippen LogP contribution in [0, 0.1) is 0 Å². The largest absolute Gasteiger partial charge is 0.334 e. The highest BCUT2D eigenvalue weighted by Crippen LogP contribution is 2.50. The molecule has 1 atom stereocenters. The molecule has 0 saturated carbocycles. The van der Waals surface area contributed by atoms with Crippen molar-refractivity contribution >= 4 is 39.5 Å². The maximum atomic E-state index is 2.57. The van der Waals surface area contributed by atoms with Crippen LogP contribution in [0.1, 0.15) is 60.2 Å². The van der Waals surface area contributed by atoms with E-state index in [1.54, 1.807) is 0 Å². The topological polar surface area (TPSA) is 8.17 Å². The van der Waals surface area contributed by atoms with Gasteiger partial charge in [-0.1, -0.05) is 141 Å². The van der Waals surface area contributed by atoms with Crippen LogP contribution in [-0.4, -0.2) is 10.6 Å². The molecule has 3 aliphatic carbocycles. The van der Waals surface area contributed by atoms with E-state index in [0.29, 0.717) is 0 Å². The number of aromatic nitrogens is 1. The summed E-state index contributed by atoms with van der Waals surface area (Å²) in [6.07, 6.45) is 12.5. The quantitative estimate of drug-likeness (QED) is 0.169. The molecule has 1 unspecified atom stereocenters. The van der Waals surface area contributed by atoms with Crippen molar-refractivity contribution in [3.8, 4) is 16.8 Å². The summed E-state index contributed by atoms with van der Waals surface area (Å²) in [5.74, 6) is 0. The molecule has 0 N–H and O–H groups in total. The van der Waals surface area contributed by atoms with E-state index in [4.69, 9.17) is 0 Å². The zero-order valence-electron chi connectivity index (χ0n) is 30.3. The van der Waals surface area contributed by atoms with Gasteiger partial charge in [0.1, 0.15) is 0 Å². The lowest BCUT2D eigenvalue weighted by Gasteiger charge is -2.35. The van der Waals surface area contributed by atoms with E-state index in [1.165, 1.54) is 83.7 Å². The third-order valence-corrected chi connectivity index (χ3v) is 11.8. The standard InChI is InChI=1S/C51H42N2/c1-51(2)47-22-11-9-20-43(47)44-30-29-42(34-48(44)51)52(41-19-13-16-37(32-41)35-14-5-3-6-15-35)40-27-24-36(25-28-40)38-26-31-50-46(33-38)45-21-10-12-23-49(45)53(50)39-17-7-4-8-18-39/h3-18,20-25,27-30,32-34,41H,19,26,31H2,1-2H3. The van der Waals surface area contributed by atoms with Gasteiger partial charge in [-0.25, -0.2) is 0 Å². The number of para-hydroxylation sites is 2. The minimum atomic E-state index is -0.0646. The summed E-state index contributed by atoms with van der Waals surface area (Å²) in [6, 6.07) is 56.1. The molecule has 2 heteroatoms. The van der Waals surface area contributed by atoms with E-state index in [1.807, 2.05) is 0 Å². The highest BCUT2D eigenvalue weighted by molar-refractivity contribution is 5.99. The van der Waals surface area contributed by atoms with Crippen molar-refractivity contribution in [2.75, 3.05) is 4.90 Å². The fourth-order valence-electron chi connectivity index (χ4n) is 9.20. The lowest BCUT2D eigenvalue weighted by molar-refractivity contribution is 0.659. The Balaban J connectivity index is 1.05. The van der Waals surface area contributed by atoms with Crippen LogP contribution in [0.5, 0.6) is 0 Å². The predicted octanol–water partition coefficient (Wildman–Crippen LogP) is 13.0. The molecule has 1 heterocycles. The average molecular weight is 683 g/mol. The van der Waals surface area contributed by atoms with Crippen LogP contribution in [0.15, 0.2) is 170 Å². The Hall–Kier alpha value is -6.12. The molecule has 2 nitrogen and oxygen atoms in total. The van der Waals surface area contributed by atoms with E-state index in [0.717, 1.165) is 19.3 Å². The molecule has 0 fully saturated rings. The van der Waals surface area contributed by atoms with Gasteiger partial charge in [-0.2, -0.15) is 0 Å². The Bertz CT molecular complexity index is 2600.